The first-order valence-corrected chi connectivity index (χ1v) is 9.46. The van der Waals surface area contributed by atoms with Gasteiger partial charge in [-0.1, -0.05) is 11.8 Å². The summed E-state index contributed by atoms with van der Waals surface area (Å²) in [4.78, 5) is 13.4. The number of rotatable bonds is 5. The number of piperazine rings is 1. The Morgan fingerprint density at radius 2 is 2.08 bits per heavy atom. The van der Waals surface area contributed by atoms with Crippen LogP contribution < -0.4 is 4.90 Å². The number of hydrogen-bond acceptors (Lipinski definition) is 6. The highest BCUT2D eigenvalue weighted by molar-refractivity contribution is 7.98. The minimum Gasteiger partial charge on any atom is -0.353 e. The number of fused-ring (bicyclic) bond motifs is 2. The molecule has 2 aromatic heterocycles. The number of nitrogens with zero attached hydrogens (tertiary/aromatic N) is 6. The molecule has 0 aliphatic carbocycles. The zero-order chi connectivity index (χ0) is 17.6. The van der Waals surface area contributed by atoms with E-state index < -0.39 is 6.43 Å². The Hall–Kier alpha value is -1.74. The average Bonchev–Trinajstić information content (AvgIpc) is 3.00. The number of thioether (sulfide) groups is 1. The Labute approximate surface area is 149 Å². The number of alkyl halides is 2. The number of halogens is 2. The number of hydrogen-bond donors (Lipinski definition) is 0. The molecule has 5 rings (SSSR count). The lowest BCUT2D eigenvalue weighted by Gasteiger charge is -2.56. The molecule has 3 fully saturated rings. The highest BCUT2D eigenvalue weighted by atomic mass is 32.2. The molecule has 0 radical (unpaired) electrons. The van der Waals surface area contributed by atoms with Crippen molar-refractivity contribution in [2.75, 3.05) is 24.2 Å². The van der Waals surface area contributed by atoms with Gasteiger partial charge in [-0.2, -0.15) is 5.10 Å². The van der Waals surface area contributed by atoms with E-state index in [9.17, 15) is 8.78 Å². The monoisotopic (exact) mass is 366 g/mol. The largest absolute Gasteiger partial charge is 0.353 e. The zero-order valence-electron chi connectivity index (χ0n) is 14.1. The third kappa shape index (κ3) is 3.10. The number of aromatic nitrogens is 4. The third-order valence-corrected chi connectivity index (χ3v) is 5.53. The Kier molecular flexibility index (Phi) is 4.36. The van der Waals surface area contributed by atoms with Gasteiger partial charge in [-0.15, -0.1) is 0 Å². The fraction of sp³-hybridized carbons (Fsp3) is 0.562. The molecule has 2 unspecified atom stereocenters. The van der Waals surface area contributed by atoms with E-state index in [1.54, 1.807) is 19.4 Å². The van der Waals surface area contributed by atoms with Crippen LogP contribution in [0.5, 0.6) is 0 Å². The summed E-state index contributed by atoms with van der Waals surface area (Å²) in [7, 11) is 1.69. The van der Waals surface area contributed by atoms with Crippen LogP contribution >= 0.6 is 11.8 Å². The summed E-state index contributed by atoms with van der Waals surface area (Å²) in [5, 5.41) is 4.68. The van der Waals surface area contributed by atoms with Crippen LogP contribution in [0.15, 0.2) is 23.6 Å². The van der Waals surface area contributed by atoms with E-state index in [4.69, 9.17) is 0 Å². The van der Waals surface area contributed by atoms with E-state index in [0.29, 0.717) is 24.2 Å². The van der Waals surface area contributed by atoms with Crippen LogP contribution in [0.2, 0.25) is 0 Å². The predicted octanol–water partition coefficient (Wildman–Crippen LogP) is 2.33. The Balaban J connectivity index is 1.45. The van der Waals surface area contributed by atoms with Crippen molar-refractivity contribution < 1.29 is 8.78 Å². The van der Waals surface area contributed by atoms with Crippen molar-refractivity contribution in [2.24, 2.45) is 7.05 Å². The molecular weight excluding hydrogens is 346 g/mol. The van der Waals surface area contributed by atoms with Crippen molar-refractivity contribution in [2.45, 2.75) is 36.6 Å². The molecule has 3 saturated heterocycles. The van der Waals surface area contributed by atoms with Crippen molar-refractivity contribution in [1.29, 1.82) is 0 Å². The lowest BCUT2D eigenvalue weighted by molar-refractivity contribution is -0.00966. The lowest BCUT2D eigenvalue weighted by atomic mass is 9.87. The number of piperidine rings is 1. The van der Waals surface area contributed by atoms with Gasteiger partial charge in [0.1, 0.15) is 11.5 Å². The molecular formula is C16H20F2N6S. The number of aryl methyl sites for hydroxylation is 1. The van der Waals surface area contributed by atoms with E-state index in [1.165, 1.54) is 16.4 Å². The van der Waals surface area contributed by atoms with Crippen molar-refractivity contribution in [1.82, 2.24) is 24.6 Å². The maximum atomic E-state index is 13.1. The van der Waals surface area contributed by atoms with Crippen LogP contribution in [-0.2, 0) is 13.6 Å². The van der Waals surface area contributed by atoms with Gasteiger partial charge >= 0.3 is 0 Å². The molecule has 0 amide bonds. The van der Waals surface area contributed by atoms with Crippen molar-refractivity contribution in [3.63, 3.8) is 0 Å². The predicted molar refractivity (Wildman–Crippen MR) is 91.9 cm³/mol. The standard InChI is InChI=1S/C16H20F2N6S/c1-22-6-10(14(21-22)15(17)18)7-24-11-5-12(24)9-23(8-11)13-3-4-19-16(20-13)25-2/h3-4,6,11-12,15H,5,7-9H2,1-2H3. The van der Waals surface area contributed by atoms with Crippen LogP contribution in [0.4, 0.5) is 14.6 Å². The zero-order valence-corrected chi connectivity index (χ0v) is 15.0. The normalized spacial score (nSPS) is 23.2. The van der Waals surface area contributed by atoms with E-state index in [2.05, 4.69) is 24.9 Å². The molecule has 25 heavy (non-hydrogen) atoms. The van der Waals surface area contributed by atoms with Gasteiger partial charge in [-0.3, -0.25) is 9.58 Å². The molecule has 6 nitrogen and oxygen atoms in total. The van der Waals surface area contributed by atoms with Gasteiger partial charge in [-0.25, -0.2) is 18.7 Å². The van der Waals surface area contributed by atoms with Crippen molar-refractivity contribution in [3.05, 3.63) is 29.7 Å². The van der Waals surface area contributed by atoms with Gasteiger partial charge in [0, 0.05) is 56.7 Å². The minimum absolute atomic E-state index is 0.0928. The third-order valence-electron chi connectivity index (χ3n) is 4.97. The molecule has 2 aromatic rings. The highest BCUT2D eigenvalue weighted by Gasteiger charge is 2.45. The van der Waals surface area contributed by atoms with Gasteiger partial charge < -0.3 is 4.90 Å². The van der Waals surface area contributed by atoms with Crippen molar-refractivity contribution >= 4 is 17.6 Å². The van der Waals surface area contributed by atoms with Crippen LogP contribution in [0.3, 0.4) is 0 Å². The molecule has 3 aliphatic rings. The Bertz CT molecular complexity index is 755. The van der Waals surface area contributed by atoms with Gasteiger partial charge in [0.2, 0.25) is 0 Å². The fourth-order valence-electron chi connectivity index (χ4n) is 3.80. The highest BCUT2D eigenvalue weighted by Crippen LogP contribution is 2.36. The maximum Gasteiger partial charge on any atom is 0.282 e. The average molecular weight is 366 g/mol. The summed E-state index contributed by atoms with van der Waals surface area (Å²) < 4.78 is 27.8. The van der Waals surface area contributed by atoms with E-state index in [-0.39, 0.29) is 5.69 Å². The molecule has 0 saturated carbocycles. The van der Waals surface area contributed by atoms with E-state index in [0.717, 1.165) is 30.5 Å². The summed E-state index contributed by atoms with van der Waals surface area (Å²) in [5.74, 6) is 0.948. The Morgan fingerprint density at radius 1 is 1.32 bits per heavy atom. The lowest BCUT2D eigenvalue weighted by Crippen LogP contribution is -2.68. The fourth-order valence-corrected chi connectivity index (χ4v) is 4.15. The van der Waals surface area contributed by atoms with E-state index >= 15 is 0 Å². The second-order valence-corrected chi connectivity index (χ2v) is 7.31. The van der Waals surface area contributed by atoms with Gasteiger partial charge in [0.25, 0.3) is 6.43 Å². The molecule has 3 aliphatic heterocycles. The second kappa shape index (κ2) is 6.53. The molecule has 2 bridgehead atoms. The summed E-state index contributed by atoms with van der Waals surface area (Å²) >= 11 is 1.53. The topological polar surface area (TPSA) is 50.1 Å². The molecule has 2 atom stereocenters. The summed E-state index contributed by atoms with van der Waals surface area (Å²) in [6.07, 6.45) is 4.04. The summed E-state index contributed by atoms with van der Waals surface area (Å²) in [6.45, 7) is 2.27. The van der Waals surface area contributed by atoms with Gasteiger partial charge in [0.15, 0.2) is 5.16 Å². The molecule has 0 aromatic carbocycles. The maximum absolute atomic E-state index is 13.1. The van der Waals surface area contributed by atoms with E-state index in [1.807, 2.05) is 12.3 Å². The molecule has 0 spiro atoms. The first-order valence-electron chi connectivity index (χ1n) is 8.23. The van der Waals surface area contributed by atoms with Crippen LogP contribution in [0.25, 0.3) is 0 Å². The molecule has 134 valence electrons. The van der Waals surface area contributed by atoms with Gasteiger partial charge in [-0.05, 0) is 18.7 Å². The van der Waals surface area contributed by atoms with Crippen molar-refractivity contribution in [3.8, 4) is 0 Å². The van der Waals surface area contributed by atoms with Gasteiger partial charge in [0.05, 0.1) is 0 Å². The molecule has 5 heterocycles. The SMILES string of the molecule is CSc1nccc(N2CC3CC(C2)N3Cc2cn(C)nc2C(F)F)n1. The Morgan fingerprint density at radius 3 is 2.76 bits per heavy atom. The second-order valence-electron chi connectivity index (χ2n) is 6.54. The number of anilines is 1. The van der Waals surface area contributed by atoms with Crippen LogP contribution in [0.1, 0.15) is 24.1 Å². The molecule has 9 heteroatoms. The quantitative estimate of drug-likeness (QED) is 0.598. The van der Waals surface area contributed by atoms with Crippen LogP contribution in [0, 0.1) is 0 Å². The minimum atomic E-state index is -2.53. The first-order chi connectivity index (χ1) is 12.0. The first kappa shape index (κ1) is 16.7. The molecule has 0 N–H and O–H groups in total. The summed E-state index contributed by atoms with van der Waals surface area (Å²) in [6, 6.07) is 2.68. The van der Waals surface area contributed by atoms with Crippen LogP contribution in [-0.4, -0.2) is 56.1 Å². The summed E-state index contributed by atoms with van der Waals surface area (Å²) in [5.41, 5.74) is 0.539. The smallest absolute Gasteiger partial charge is 0.282 e.